The highest BCUT2D eigenvalue weighted by Crippen LogP contribution is 2.42. The Bertz CT molecular complexity index is 1120. The Morgan fingerprint density at radius 3 is 2.00 bits per heavy atom. The van der Waals surface area contributed by atoms with Gasteiger partial charge in [0, 0.05) is 11.1 Å². The molecule has 4 rings (SSSR count). The van der Waals surface area contributed by atoms with E-state index in [9.17, 15) is 0 Å². The van der Waals surface area contributed by atoms with E-state index in [4.69, 9.17) is 31.2 Å². The number of alkyl halides is 1. The van der Waals surface area contributed by atoms with Crippen LogP contribution in [-0.4, -0.2) is 24.2 Å². The number of hydrogen-bond donors (Lipinski definition) is 1. The van der Waals surface area contributed by atoms with Crippen LogP contribution in [0.5, 0.6) is 11.5 Å². The number of hydrogen-bond acceptors (Lipinski definition) is 6. The molecule has 2 N–H and O–H groups in total. The number of fused-ring (bicyclic) bond motifs is 1. The van der Waals surface area contributed by atoms with Crippen LogP contribution in [0, 0.1) is 0 Å². The van der Waals surface area contributed by atoms with Gasteiger partial charge in [-0.15, -0.1) is 11.6 Å². The van der Waals surface area contributed by atoms with Gasteiger partial charge in [-0.05, 0) is 42.0 Å². The van der Waals surface area contributed by atoms with Crippen molar-refractivity contribution in [3.8, 4) is 33.9 Å². The Morgan fingerprint density at radius 2 is 1.46 bits per heavy atom. The second kappa shape index (κ2) is 7.40. The third-order valence-corrected chi connectivity index (χ3v) is 4.72. The van der Waals surface area contributed by atoms with Crippen molar-refractivity contribution in [2.75, 3.05) is 20.0 Å². The summed E-state index contributed by atoms with van der Waals surface area (Å²) in [4.78, 5) is 8.72. The Morgan fingerprint density at radius 1 is 0.893 bits per heavy atom. The zero-order chi connectivity index (χ0) is 19.7. The molecule has 0 radical (unpaired) electrons. The van der Waals surface area contributed by atoms with Gasteiger partial charge in [-0.3, -0.25) is 0 Å². The van der Waals surface area contributed by atoms with Gasteiger partial charge in [-0.2, -0.15) is 4.98 Å². The van der Waals surface area contributed by atoms with Gasteiger partial charge in [-0.1, -0.05) is 12.1 Å². The Labute approximate surface area is 166 Å². The first-order valence-corrected chi connectivity index (χ1v) is 9.11. The average molecular weight is 396 g/mol. The summed E-state index contributed by atoms with van der Waals surface area (Å²) in [6.07, 6.45) is 0. The maximum absolute atomic E-state index is 6.25. The van der Waals surface area contributed by atoms with Gasteiger partial charge in [-0.25, -0.2) is 4.98 Å². The average Bonchev–Trinajstić information content (AvgIpc) is 3.13. The number of ether oxygens (including phenoxy) is 2. The van der Waals surface area contributed by atoms with Crippen molar-refractivity contribution in [2.24, 2.45) is 0 Å². The summed E-state index contributed by atoms with van der Waals surface area (Å²) < 4.78 is 16.7. The lowest BCUT2D eigenvalue weighted by Gasteiger charge is -2.07. The molecule has 6 nitrogen and oxygen atoms in total. The summed E-state index contributed by atoms with van der Waals surface area (Å²) in [5, 5.41) is 0.657. The smallest absolute Gasteiger partial charge is 0.232 e. The second-order valence-corrected chi connectivity index (χ2v) is 6.37. The molecule has 2 aromatic heterocycles. The number of nitrogens with zero attached hydrogens (tertiary/aromatic N) is 2. The number of nitrogens with two attached hydrogens (primary N) is 1. The van der Waals surface area contributed by atoms with Gasteiger partial charge < -0.3 is 19.6 Å². The molecule has 2 heterocycles. The second-order valence-electron chi connectivity index (χ2n) is 6.10. The number of nitrogen functional groups attached to an aromatic ring is 1. The van der Waals surface area contributed by atoms with Crippen LogP contribution >= 0.6 is 11.6 Å². The molecule has 142 valence electrons. The van der Waals surface area contributed by atoms with E-state index < -0.39 is 0 Å². The highest BCUT2D eigenvalue weighted by molar-refractivity contribution is 6.17. The zero-order valence-corrected chi connectivity index (χ0v) is 16.2. The van der Waals surface area contributed by atoms with Gasteiger partial charge in [0.25, 0.3) is 0 Å². The van der Waals surface area contributed by atoms with E-state index in [0.29, 0.717) is 28.5 Å². The lowest BCUT2D eigenvalue weighted by atomic mass is 9.99. The number of aromatic nitrogens is 2. The molecule has 0 fully saturated rings. The fraction of sp³-hybridized carbons (Fsp3) is 0.143. The fourth-order valence-corrected chi connectivity index (χ4v) is 3.23. The lowest BCUT2D eigenvalue weighted by Crippen LogP contribution is -1.98. The molecule has 0 saturated carbocycles. The number of benzene rings is 2. The molecule has 0 saturated heterocycles. The molecular weight excluding hydrogens is 378 g/mol. The minimum atomic E-state index is 0.149. The van der Waals surface area contributed by atoms with Crippen LogP contribution in [0.2, 0.25) is 0 Å². The van der Waals surface area contributed by atoms with Crippen molar-refractivity contribution in [1.82, 2.24) is 9.97 Å². The normalized spacial score (nSPS) is 11.0. The maximum atomic E-state index is 6.25. The van der Waals surface area contributed by atoms with E-state index in [1.807, 2.05) is 48.5 Å². The van der Waals surface area contributed by atoms with E-state index in [-0.39, 0.29) is 5.88 Å². The fourth-order valence-electron chi connectivity index (χ4n) is 3.11. The Hall–Kier alpha value is -3.25. The monoisotopic (exact) mass is 395 g/mol. The van der Waals surface area contributed by atoms with Crippen LogP contribution in [0.15, 0.2) is 52.9 Å². The first kappa shape index (κ1) is 18.1. The van der Waals surface area contributed by atoms with E-state index >= 15 is 0 Å². The van der Waals surface area contributed by atoms with Crippen molar-refractivity contribution < 1.29 is 13.9 Å². The molecule has 0 amide bonds. The molecule has 0 aliphatic heterocycles. The maximum Gasteiger partial charge on any atom is 0.232 e. The molecule has 0 spiro atoms. The van der Waals surface area contributed by atoms with Crippen LogP contribution in [0.4, 0.5) is 5.82 Å². The number of furan rings is 1. The standard InChI is InChI=1S/C21H18ClN3O3/c1-26-14-7-3-12(4-8-14)17-18-20(23)24-16(11-22)25-21(18)28-19(17)13-5-9-15(27-2)10-6-13/h3-10H,11H2,1-2H3,(H2,23,24,25). The van der Waals surface area contributed by atoms with E-state index in [0.717, 1.165) is 28.2 Å². The van der Waals surface area contributed by atoms with Crippen LogP contribution in [0.25, 0.3) is 33.6 Å². The number of anilines is 1. The summed E-state index contributed by atoms with van der Waals surface area (Å²) >= 11 is 5.90. The van der Waals surface area contributed by atoms with E-state index in [2.05, 4.69) is 9.97 Å². The van der Waals surface area contributed by atoms with Gasteiger partial charge in [0.15, 0.2) is 0 Å². The highest BCUT2D eigenvalue weighted by Gasteiger charge is 2.22. The highest BCUT2D eigenvalue weighted by atomic mass is 35.5. The summed E-state index contributed by atoms with van der Waals surface area (Å²) in [6, 6.07) is 15.3. The number of halogens is 1. The minimum absolute atomic E-state index is 0.149. The third-order valence-electron chi connectivity index (χ3n) is 4.48. The van der Waals surface area contributed by atoms with E-state index in [1.165, 1.54) is 0 Å². The third kappa shape index (κ3) is 3.12. The molecule has 0 bridgehead atoms. The molecule has 0 aliphatic carbocycles. The van der Waals surface area contributed by atoms with Gasteiger partial charge >= 0.3 is 0 Å². The van der Waals surface area contributed by atoms with Crippen LogP contribution in [0.1, 0.15) is 5.82 Å². The van der Waals surface area contributed by atoms with Crippen molar-refractivity contribution in [3.05, 3.63) is 54.4 Å². The minimum Gasteiger partial charge on any atom is -0.497 e. The van der Waals surface area contributed by atoms with Crippen molar-refractivity contribution >= 4 is 28.5 Å². The molecule has 28 heavy (non-hydrogen) atoms. The van der Waals surface area contributed by atoms with Gasteiger partial charge in [0.05, 0.1) is 25.5 Å². The number of rotatable bonds is 5. The molecule has 0 unspecified atom stereocenters. The van der Waals surface area contributed by atoms with Crippen molar-refractivity contribution in [2.45, 2.75) is 5.88 Å². The number of methoxy groups -OCH3 is 2. The van der Waals surface area contributed by atoms with Gasteiger partial charge in [0.2, 0.25) is 5.71 Å². The van der Waals surface area contributed by atoms with Crippen LogP contribution in [-0.2, 0) is 5.88 Å². The Kier molecular flexibility index (Phi) is 4.79. The lowest BCUT2D eigenvalue weighted by molar-refractivity contribution is 0.414. The van der Waals surface area contributed by atoms with E-state index in [1.54, 1.807) is 14.2 Å². The molecule has 7 heteroatoms. The predicted octanol–water partition coefficient (Wildman–Crippen LogP) is 4.90. The molecular formula is C21H18ClN3O3. The summed E-state index contributed by atoms with van der Waals surface area (Å²) in [5.74, 6) is 3.07. The first-order valence-electron chi connectivity index (χ1n) is 8.58. The molecule has 0 atom stereocenters. The topological polar surface area (TPSA) is 83.4 Å². The quantitative estimate of drug-likeness (QED) is 0.484. The van der Waals surface area contributed by atoms with Crippen LogP contribution in [0.3, 0.4) is 0 Å². The first-order chi connectivity index (χ1) is 13.6. The van der Waals surface area contributed by atoms with Crippen molar-refractivity contribution in [3.63, 3.8) is 0 Å². The van der Waals surface area contributed by atoms with Gasteiger partial charge in [0.1, 0.15) is 28.9 Å². The SMILES string of the molecule is COc1ccc(-c2oc3nc(CCl)nc(N)c3c2-c2ccc(OC)cc2)cc1. The summed E-state index contributed by atoms with van der Waals surface area (Å²) in [6.45, 7) is 0. The molecule has 0 aliphatic rings. The largest absolute Gasteiger partial charge is 0.497 e. The van der Waals surface area contributed by atoms with Crippen LogP contribution < -0.4 is 15.2 Å². The molecule has 4 aromatic rings. The summed E-state index contributed by atoms with van der Waals surface area (Å²) in [5.41, 5.74) is 9.26. The zero-order valence-electron chi connectivity index (χ0n) is 15.4. The molecule has 2 aromatic carbocycles. The Balaban J connectivity index is 1.99. The summed E-state index contributed by atoms with van der Waals surface area (Å²) in [7, 11) is 3.26. The predicted molar refractivity (Wildman–Crippen MR) is 110 cm³/mol. The van der Waals surface area contributed by atoms with Crippen molar-refractivity contribution in [1.29, 1.82) is 0 Å².